The molecule has 0 atom stereocenters. The Bertz CT molecular complexity index is 298. The topological polar surface area (TPSA) is 159 Å². The third kappa shape index (κ3) is 37.9. The van der Waals surface area contributed by atoms with Gasteiger partial charge in [-0.05, 0) is 6.42 Å². The van der Waals surface area contributed by atoms with E-state index in [9.17, 15) is 4.79 Å². The molecule has 0 aromatic heterocycles. The van der Waals surface area contributed by atoms with E-state index >= 15 is 0 Å². The summed E-state index contributed by atoms with van der Waals surface area (Å²) in [5.74, 6) is -0.655. The number of aliphatic hydroxyl groups is 6. The first-order chi connectivity index (χ1) is 14.4. The van der Waals surface area contributed by atoms with Crippen LogP contribution in [0.25, 0.3) is 0 Å². The first kappa shape index (κ1) is 33.9. The molecule has 0 spiro atoms. The van der Waals surface area contributed by atoms with Crippen molar-refractivity contribution in [2.24, 2.45) is 0 Å². The Morgan fingerprint density at radius 1 is 0.567 bits per heavy atom. The van der Waals surface area contributed by atoms with Gasteiger partial charge < -0.3 is 35.7 Å². The number of carboxylic acid groups (broad SMARTS) is 1. The van der Waals surface area contributed by atoms with E-state index in [1.54, 1.807) is 0 Å². The minimum atomic E-state index is -0.954. The highest BCUT2D eigenvalue weighted by Crippen LogP contribution is 2.12. The summed E-state index contributed by atoms with van der Waals surface area (Å²) in [5.41, 5.74) is 0. The average Bonchev–Trinajstić information content (AvgIpc) is 2.76. The summed E-state index contributed by atoms with van der Waals surface area (Å²) in [6.45, 7) is 0.802. The molecule has 0 unspecified atom stereocenters. The van der Waals surface area contributed by atoms with Gasteiger partial charge in [0, 0.05) is 6.42 Å². The standard InChI is InChI=1S/C16H32O2.2C3H8O3/c1-2-3-4-5-6-7-8-9-10-11-12-13-14-15-16(17)18;2*4-1-3(6)2-5/h2-15H2,1H3,(H,17,18);2*3-6H,1-2H2. The van der Waals surface area contributed by atoms with Crippen molar-refractivity contribution in [2.45, 2.75) is 109 Å². The third-order valence-electron chi connectivity index (χ3n) is 4.34. The lowest BCUT2D eigenvalue weighted by atomic mass is 10.0. The zero-order chi connectivity index (χ0) is 23.5. The van der Waals surface area contributed by atoms with Crippen LogP contribution in [0.4, 0.5) is 0 Å². The highest BCUT2D eigenvalue weighted by molar-refractivity contribution is 5.66. The molecule has 0 aliphatic rings. The number of rotatable bonds is 18. The molecular formula is C22H48O8. The SMILES string of the molecule is CCCCCCCCCCCCCCCC(=O)O.OCC(O)CO.OCC(O)CO. The van der Waals surface area contributed by atoms with E-state index < -0.39 is 18.2 Å². The van der Waals surface area contributed by atoms with Crippen molar-refractivity contribution in [1.82, 2.24) is 0 Å². The van der Waals surface area contributed by atoms with Crippen LogP contribution in [-0.2, 0) is 4.79 Å². The molecule has 0 aliphatic heterocycles. The van der Waals surface area contributed by atoms with Crippen molar-refractivity contribution in [3.63, 3.8) is 0 Å². The number of aliphatic hydroxyl groups excluding tert-OH is 6. The fraction of sp³-hybridized carbons (Fsp3) is 0.955. The zero-order valence-corrected chi connectivity index (χ0v) is 18.9. The van der Waals surface area contributed by atoms with Gasteiger partial charge in [0.05, 0.1) is 26.4 Å². The molecule has 0 aliphatic carbocycles. The molecule has 0 saturated heterocycles. The number of carboxylic acids is 1. The summed E-state index contributed by atoms with van der Waals surface area (Å²) >= 11 is 0. The van der Waals surface area contributed by atoms with E-state index in [-0.39, 0.29) is 26.4 Å². The number of hydrogen-bond acceptors (Lipinski definition) is 7. The fourth-order valence-corrected chi connectivity index (χ4v) is 2.41. The molecule has 30 heavy (non-hydrogen) atoms. The second-order valence-corrected chi connectivity index (χ2v) is 7.42. The molecule has 0 bridgehead atoms. The molecule has 8 heteroatoms. The van der Waals surface area contributed by atoms with E-state index in [4.69, 9.17) is 35.7 Å². The van der Waals surface area contributed by atoms with Crippen molar-refractivity contribution in [3.05, 3.63) is 0 Å². The minimum Gasteiger partial charge on any atom is -0.481 e. The van der Waals surface area contributed by atoms with Crippen molar-refractivity contribution in [1.29, 1.82) is 0 Å². The van der Waals surface area contributed by atoms with Crippen LogP contribution >= 0.6 is 0 Å². The molecular weight excluding hydrogens is 392 g/mol. The first-order valence-electron chi connectivity index (χ1n) is 11.4. The minimum absolute atomic E-state index is 0.345. The van der Waals surface area contributed by atoms with Gasteiger partial charge in [0.25, 0.3) is 0 Å². The van der Waals surface area contributed by atoms with Gasteiger partial charge in [-0.1, -0.05) is 84.0 Å². The lowest BCUT2D eigenvalue weighted by Crippen LogP contribution is -2.15. The summed E-state index contributed by atoms with van der Waals surface area (Å²) in [7, 11) is 0. The molecule has 7 N–H and O–H groups in total. The number of unbranched alkanes of at least 4 members (excludes halogenated alkanes) is 12. The van der Waals surface area contributed by atoms with E-state index in [1.165, 1.54) is 70.6 Å². The van der Waals surface area contributed by atoms with Crippen molar-refractivity contribution >= 4 is 5.97 Å². The normalized spacial score (nSPS) is 10.4. The van der Waals surface area contributed by atoms with Gasteiger partial charge in [0.1, 0.15) is 12.2 Å². The monoisotopic (exact) mass is 440 g/mol. The lowest BCUT2D eigenvalue weighted by Gasteiger charge is -2.02. The summed E-state index contributed by atoms with van der Waals surface area (Å²) in [6.07, 6.45) is 15.4. The van der Waals surface area contributed by atoms with Crippen molar-refractivity contribution < 1.29 is 40.5 Å². The van der Waals surface area contributed by atoms with Gasteiger partial charge in [-0.25, -0.2) is 0 Å². The molecule has 0 amide bonds. The average molecular weight is 441 g/mol. The molecule has 8 nitrogen and oxygen atoms in total. The molecule has 0 aromatic rings. The van der Waals surface area contributed by atoms with Crippen LogP contribution in [0.2, 0.25) is 0 Å². The Hall–Kier alpha value is -0.770. The lowest BCUT2D eigenvalue weighted by molar-refractivity contribution is -0.137. The van der Waals surface area contributed by atoms with Crippen LogP contribution in [0.15, 0.2) is 0 Å². The Balaban J connectivity index is -0.000000495. The molecule has 0 heterocycles. The Morgan fingerprint density at radius 2 is 0.833 bits per heavy atom. The highest BCUT2D eigenvalue weighted by atomic mass is 16.4. The van der Waals surface area contributed by atoms with Gasteiger partial charge in [0.15, 0.2) is 0 Å². The van der Waals surface area contributed by atoms with Crippen LogP contribution in [0.5, 0.6) is 0 Å². The smallest absolute Gasteiger partial charge is 0.303 e. The van der Waals surface area contributed by atoms with Gasteiger partial charge in [-0.2, -0.15) is 0 Å². The Morgan fingerprint density at radius 3 is 1.03 bits per heavy atom. The summed E-state index contributed by atoms with van der Waals surface area (Å²) in [5, 5.41) is 56.5. The van der Waals surface area contributed by atoms with Crippen LogP contribution < -0.4 is 0 Å². The second-order valence-electron chi connectivity index (χ2n) is 7.42. The predicted molar refractivity (Wildman–Crippen MR) is 118 cm³/mol. The number of aliphatic carboxylic acids is 1. The van der Waals surface area contributed by atoms with E-state index in [0.717, 1.165) is 12.8 Å². The third-order valence-corrected chi connectivity index (χ3v) is 4.34. The quantitative estimate of drug-likeness (QED) is 0.160. The Labute approximate surface area is 182 Å². The van der Waals surface area contributed by atoms with E-state index in [0.29, 0.717) is 6.42 Å². The van der Waals surface area contributed by atoms with Crippen LogP contribution in [0, 0.1) is 0 Å². The second kappa shape index (κ2) is 30.4. The van der Waals surface area contributed by atoms with E-state index in [1.807, 2.05) is 0 Å². The molecule has 0 radical (unpaired) electrons. The molecule has 184 valence electrons. The van der Waals surface area contributed by atoms with Gasteiger partial charge in [-0.15, -0.1) is 0 Å². The molecule has 0 aromatic carbocycles. The fourth-order valence-electron chi connectivity index (χ4n) is 2.41. The van der Waals surface area contributed by atoms with Gasteiger partial charge in [-0.3, -0.25) is 4.79 Å². The molecule has 0 saturated carbocycles. The van der Waals surface area contributed by atoms with Crippen LogP contribution in [0.1, 0.15) is 96.8 Å². The van der Waals surface area contributed by atoms with Crippen LogP contribution in [0.3, 0.4) is 0 Å². The summed E-state index contributed by atoms with van der Waals surface area (Å²) < 4.78 is 0. The molecule has 0 rings (SSSR count). The Kier molecular flexibility index (Phi) is 34.3. The van der Waals surface area contributed by atoms with Crippen molar-refractivity contribution in [2.75, 3.05) is 26.4 Å². The highest BCUT2D eigenvalue weighted by Gasteiger charge is 1.97. The number of carbonyl (C=O) groups is 1. The predicted octanol–water partition coefficient (Wildman–Crippen LogP) is 2.22. The summed E-state index contributed by atoms with van der Waals surface area (Å²) in [6, 6.07) is 0. The van der Waals surface area contributed by atoms with Gasteiger partial charge >= 0.3 is 5.97 Å². The maximum absolute atomic E-state index is 10.3. The maximum atomic E-state index is 10.3. The van der Waals surface area contributed by atoms with Crippen molar-refractivity contribution in [3.8, 4) is 0 Å². The summed E-state index contributed by atoms with van der Waals surface area (Å²) in [4.78, 5) is 10.3. The first-order valence-corrected chi connectivity index (χ1v) is 11.4. The number of hydrogen-bond donors (Lipinski definition) is 7. The van der Waals surface area contributed by atoms with E-state index in [2.05, 4.69) is 6.92 Å². The zero-order valence-electron chi connectivity index (χ0n) is 18.9. The molecule has 0 fully saturated rings. The maximum Gasteiger partial charge on any atom is 0.303 e. The largest absolute Gasteiger partial charge is 0.481 e. The van der Waals surface area contributed by atoms with Crippen LogP contribution in [-0.4, -0.2) is 80.4 Å². The van der Waals surface area contributed by atoms with Gasteiger partial charge in [0.2, 0.25) is 0 Å².